The first kappa shape index (κ1) is 21.3. The predicted octanol–water partition coefficient (Wildman–Crippen LogP) is 2.42. The lowest BCUT2D eigenvalue weighted by Gasteiger charge is -2.23. The number of urea groups is 1. The van der Waals surface area contributed by atoms with Gasteiger partial charge in [-0.25, -0.2) is 4.79 Å². The molecule has 0 aliphatic carbocycles. The Morgan fingerprint density at radius 1 is 1.17 bits per heavy atom. The summed E-state index contributed by atoms with van der Waals surface area (Å²) in [5.74, 6) is 0.0475. The number of non-ortho nitro benzene ring substituents is 1. The fraction of sp³-hybridized carbons (Fsp3) is 0.333. The quantitative estimate of drug-likeness (QED) is 0.408. The summed E-state index contributed by atoms with van der Waals surface area (Å²) in [7, 11) is 0. The van der Waals surface area contributed by atoms with Gasteiger partial charge in [-0.3, -0.25) is 19.8 Å². The van der Waals surface area contributed by atoms with Crippen molar-refractivity contribution in [2.75, 3.05) is 13.2 Å². The number of carbonyl (C=O) groups is 2. The van der Waals surface area contributed by atoms with Gasteiger partial charge in [-0.2, -0.15) is 0 Å². The number of hydrogen-bond acceptors (Lipinski definition) is 6. The van der Waals surface area contributed by atoms with Crippen LogP contribution in [0.15, 0.2) is 42.5 Å². The molecule has 0 radical (unpaired) electrons. The second-order valence-electron chi connectivity index (χ2n) is 7.56. The number of nitrogens with one attached hydrogen (secondary N) is 1. The molecule has 0 unspecified atom stereocenters. The lowest BCUT2D eigenvalue weighted by Crippen LogP contribution is -2.42. The second-order valence-corrected chi connectivity index (χ2v) is 7.56. The summed E-state index contributed by atoms with van der Waals surface area (Å²) >= 11 is 0. The highest BCUT2D eigenvalue weighted by atomic mass is 16.6. The van der Waals surface area contributed by atoms with E-state index in [1.807, 2.05) is 32.0 Å². The van der Waals surface area contributed by atoms with Crippen LogP contribution in [-0.2, 0) is 10.3 Å². The Bertz CT molecular complexity index is 970. The van der Waals surface area contributed by atoms with Gasteiger partial charge in [-0.15, -0.1) is 0 Å². The molecule has 1 aliphatic heterocycles. The first-order chi connectivity index (χ1) is 14.1. The zero-order chi connectivity index (χ0) is 22.1. The van der Waals surface area contributed by atoms with E-state index in [2.05, 4.69) is 5.32 Å². The molecule has 1 aliphatic rings. The molecule has 0 spiro atoms. The largest absolute Gasteiger partial charge is 0.491 e. The van der Waals surface area contributed by atoms with Crippen LogP contribution >= 0.6 is 0 Å². The lowest BCUT2D eigenvalue weighted by molar-refractivity contribution is -0.384. The Kier molecular flexibility index (Phi) is 5.75. The molecule has 0 saturated carbocycles. The number of aryl methyl sites for hydroxylation is 2. The fourth-order valence-electron chi connectivity index (χ4n) is 3.45. The van der Waals surface area contributed by atoms with Crippen LogP contribution in [0.2, 0.25) is 0 Å². The molecule has 30 heavy (non-hydrogen) atoms. The molecule has 1 saturated heterocycles. The zero-order valence-electron chi connectivity index (χ0n) is 16.9. The highest BCUT2D eigenvalue weighted by molar-refractivity contribution is 6.07. The van der Waals surface area contributed by atoms with Crippen molar-refractivity contribution < 1.29 is 24.4 Å². The normalized spacial score (nSPS) is 19.5. The van der Waals surface area contributed by atoms with E-state index in [0.717, 1.165) is 16.0 Å². The molecular weight excluding hydrogens is 390 g/mol. The Morgan fingerprint density at radius 3 is 2.33 bits per heavy atom. The summed E-state index contributed by atoms with van der Waals surface area (Å²) in [4.78, 5) is 36.5. The molecular formula is C21H23N3O6. The molecule has 0 bridgehead atoms. The number of nitro benzene ring substituents is 1. The molecule has 3 amide bonds. The first-order valence-electron chi connectivity index (χ1n) is 9.38. The third-order valence-corrected chi connectivity index (χ3v) is 4.96. The molecule has 9 heteroatoms. The minimum absolute atomic E-state index is 0.0891. The standard InChI is InChI=1S/C21H23N3O6/c1-13-8-14(2)10-18(9-13)30-12-17(25)11-23-19(26)21(3,22-20(23)27)15-4-6-16(7-5-15)24(28)29/h4-10,17,25H,11-12H2,1-3H3,(H,22,27)/t17-,21-/m0/s1. The van der Waals surface area contributed by atoms with Gasteiger partial charge in [0.1, 0.15) is 24.0 Å². The summed E-state index contributed by atoms with van der Waals surface area (Å²) in [6.45, 7) is 5.06. The summed E-state index contributed by atoms with van der Waals surface area (Å²) in [5, 5.41) is 23.7. The molecule has 3 rings (SSSR count). The average Bonchev–Trinajstić information content (AvgIpc) is 2.90. The number of nitro groups is 1. The van der Waals surface area contributed by atoms with Crippen LogP contribution in [0.1, 0.15) is 23.6 Å². The summed E-state index contributed by atoms with van der Waals surface area (Å²) in [6.07, 6.45) is -1.08. The van der Waals surface area contributed by atoms with E-state index < -0.39 is 28.5 Å². The molecule has 1 fully saturated rings. The van der Waals surface area contributed by atoms with Crippen molar-refractivity contribution in [2.24, 2.45) is 0 Å². The number of rotatable bonds is 7. The van der Waals surface area contributed by atoms with Crippen molar-refractivity contribution in [3.8, 4) is 5.75 Å². The summed E-state index contributed by atoms with van der Waals surface area (Å²) in [5.41, 5.74) is 0.963. The number of imide groups is 1. The topological polar surface area (TPSA) is 122 Å². The fourth-order valence-corrected chi connectivity index (χ4v) is 3.45. The molecule has 1 heterocycles. The van der Waals surface area contributed by atoms with E-state index in [1.54, 1.807) is 0 Å². The third-order valence-electron chi connectivity index (χ3n) is 4.96. The Balaban J connectivity index is 1.67. The average molecular weight is 413 g/mol. The van der Waals surface area contributed by atoms with Gasteiger partial charge in [0.05, 0.1) is 11.5 Å². The van der Waals surface area contributed by atoms with Crippen LogP contribution in [0.4, 0.5) is 10.5 Å². The van der Waals surface area contributed by atoms with Gasteiger partial charge < -0.3 is 15.2 Å². The van der Waals surface area contributed by atoms with Gasteiger partial charge in [0.15, 0.2) is 0 Å². The van der Waals surface area contributed by atoms with Crippen LogP contribution in [0.25, 0.3) is 0 Å². The minimum atomic E-state index is -1.37. The van der Waals surface area contributed by atoms with Gasteiger partial charge in [-0.05, 0) is 61.7 Å². The van der Waals surface area contributed by atoms with E-state index in [4.69, 9.17) is 4.74 Å². The van der Waals surface area contributed by atoms with E-state index in [9.17, 15) is 24.8 Å². The molecule has 0 aromatic heterocycles. The lowest BCUT2D eigenvalue weighted by atomic mass is 9.92. The number of benzene rings is 2. The Hall–Kier alpha value is -3.46. The molecule has 2 atom stereocenters. The predicted molar refractivity (Wildman–Crippen MR) is 108 cm³/mol. The maximum Gasteiger partial charge on any atom is 0.325 e. The molecule has 158 valence electrons. The van der Waals surface area contributed by atoms with Gasteiger partial charge in [0.2, 0.25) is 0 Å². The Labute approximate surface area is 173 Å². The number of amides is 3. The third kappa shape index (κ3) is 4.25. The van der Waals surface area contributed by atoms with Crippen molar-refractivity contribution in [1.82, 2.24) is 10.2 Å². The van der Waals surface area contributed by atoms with E-state index in [-0.39, 0.29) is 18.8 Å². The number of aliphatic hydroxyl groups is 1. The Morgan fingerprint density at radius 2 is 1.77 bits per heavy atom. The number of aliphatic hydroxyl groups excluding tert-OH is 1. The second kappa shape index (κ2) is 8.11. The SMILES string of the molecule is Cc1cc(C)cc(OC[C@@H](O)CN2C(=O)N[C@@](C)(c3ccc([N+](=O)[O-])cc3)C2=O)c1. The maximum absolute atomic E-state index is 12.9. The van der Waals surface area contributed by atoms with Crippen LogP contribution < -0.4 is 10.1 Å². The van der Waals surface area contributed by atoms with E-state index >= 15 is 0 Å². The van der Waals surface area contributed by atoms with Crippen molar-refractivity contribution in [3.05, 3.63) is 69.3 Å². The number of nitrogens with zero attached hydrogens (tertiary/aromatic N) is 2. The first-order valence-corrected chi connectivity index (χ1v) is 9.38. The van der Waals surface area contributed by atoms with Gasteiger partial charge in [0, 0.05) is 12.1 Å². The number of carbonyl (C=O) groups excluding carboxylic acids is 2. The molecule has 2 aromatic rings. The van der Waals surface area contributed by atoms with Crippen molar-refractivity contribution in [3.63, 3.8) is 0 Å². The zero-order valence-corrected chi connectivity index (χ0v) is 16.9. The molecule has 9 nitrogen and oxygen atoms in total. The minimum Gasteiger partial charge on any atom is -0.491 e. The van der Waals surface area contributed by atoms with Crippen LogP contribution in [0.5, 0.6) is 5.75 Å². The van der Waals surface area contributed by atoms with Crippen molar-refractivity contribution >= 4 is 17.6 Å². The van der Waals surface area contributed by atoms with Crippen molar-refractivity contribution in [1.29, 1.82) is 0 Å². The van der Waals surface area contributed by atoms with Gasteiger partial charge >= 0.3 is 6.03 Å². The van der Waals surface area contributed by atoms with Gasteiger partial charge in [-0.1, -0.05) is 6.07 Å². The number of β-amino-alcohol motifs (C(OH)–C–C–N with tert-alkyl or cyclic N) is 1. The maximum atomic E-state index is 12.9. The number of ether oxygens (including phenoxy) is 1. The van der Waals surface area contributed by atoms with Crippen LogP contribution in [-0.4, -0.2) is 46.1 Å². The highest BCUT2D eigenvalue weighted by Gasteiger charge is 2.49. The summed E-state index contributed by atoms with van der Waals surface area (Å²) in [6, 6.07) is 10.4. The van der Waals surface area contributed by atoms with Crippen molar-refractivity contribution in [2.45, 2.75) is 32.4 Å². The van der Waals surface area contributed by atoms with E-state index in [1.165, 1.54) is 31.2 Å². The molecule has 2 N–H and O–H groups in total. The highest BCUT2D eigenvalue weighted by Crippen LogP contribution is 2.30. The van der Waals surface area contributed by atoms with Crippen LogP contribution in [0.3, 0.4) is 0 Å². The molecule has 2 aromatic carbocycles. The van der Waals surface area contributed by atoms with E-state index in [0.29, 0.717) is 11.3 Å². The van der Waals surface area contributed by atoms with Crippen LogP contribution in [0, 0.1) is 24.0 Å². The van der Waals surface area contributed by atoms with Gasteiger partial charge in [0.25, 0.3) is 11.6 Å². The monoisotopic (exact) mass is 413 g/mol. The summed E-state index contributed by atoms with van der Waals surface area (Å²) < 4.78 is 5.60. The smallest absolute Gasteiger partial charge is 0.325 e. The number of hydrogen-bond donors (Lipinski definition) is 2.